The van der Waals surface area contributed by atoms with E-state index in [2.05, 4.69) is 9.71 Å². The molecule has 8 heteroatoms. The van der Waals surface area contributed by atoms with Gasteiger partial charge in [0.2, 0.25) is 0 Å². The SMILES string of the molecule is O=c1[nH]c2ccc(S(=O)(=O)Nc3cccc4c3OCC4)cc2o1. The van der Waals surface area contributed by atoms with Crippen molar-refractivity contribution >= 4 is 26.8 Å². The minimum atomic E-state index is -3.82. The molecule has 118 valence electrons. The average molecular weight is 332 g/mol. The Morgan fingerprint density at radius 2 is 2.04 bits per heavy atom. The molecule has 0 bridgehead atoms. The van der Waals surface area contributed by atoms with Crippen LogP contribution in [0.5, 0.6) is 5.75 Å². The second-order valence-electron chi connectivity index (χ2n) is 5.17. The second kappa shape index (κ2) is 4.88. The molecule has 7 nitrogen and oxygen atoms in total. The highest BCUT2D eigenvalue weighted by Gasteiger charge is 2.21. The Balaban J connectivity index is 1.75. The Labute approximate surface area is 130 Å². The van der Waals surface area contributed by atoms with E-state index in [4.69, 9.17) is 9.15 Å². The first-order valence-corrected chi connectivity index (χ1v) is 8.42. The van der Waals surface area contributed by atoms with E-state index >= 15 is 0 Å². The number of para-hydroxylation sites is 1. The fourth-order valence-electron chi connectivity index (χ4n) is 2.59. The van der Waals surface area contributed by atoms with Gasteiger partial charge in [-0.2, -0.15) is 0 Å². The summed E-state index contributed by atoms with van der Waals surface area (Å²) in [6, 6.07) is 9.53. The smallest absolute Gasteiger partial charge is 0.417 e. The van der Waals surface area contributed by atoms with Gasteiger partial charge in [0.05, 0.1) is 22.7 Å². The van der Waals surface area contributed by atoms with Gasteiger partial charge in [0.1, 0.15) is 5.75 Å². The van der Waals surface area contributed by atoms with E-state index < -0.39 is 15.8 Å². The molecular formula is C15H12N2O5S. The molecule has 0 spiro atoms. The van der Waals surface area contributed by atoms with Gasteiger partial charge in [-0.25, -0.2) is 13.2 Å². The van der Waals surface area contributed by atoms with Gasteiger partial charge in [-0.05, 0) is 23.8 Å². The normalized spacial score (nSPS) is 13.7. The third-order valence-corrected chi connectivity index (χ3v) is 5.02. The number of rotatable bonds is 3. The summed E-state index contributed by atoms with van der Waals surface area (Å²) in [5.74, 6) is -0.0675. The van der Waals surface area contributed by atoms with Crippen LogP contribution in [0.2, 0.25) is 0 Å². The average Bonchev–Trinajstić information content (AvgIpc) is 3.11. The lowest BCUT2D eigenvalue weighted by atomic mass is 10.1. The third kappa shape index (κ3) is 2.36. The highest BCUT2D eigenvalue weighted by molar-refractivity contribution is 7.92. The lowest BCUT2D eigenvalue weighted by molar-refractivity contribution is 0.358. The predicted molar refractivity (Wildman–Crippen MR) is 83.3 cm³/mol. The number of nitrogens with one attached hydrogen (secondary N) is 2. The van der Waals surface area contributed by atoms with Crippen LogP contribution >= 0.6 is 0 Å². The lowest BCUT2D eigenvalue weighted by Gasteiger charge is -2.11. The van der Waals surface area contributed by atoms with Crippen LogP contribution in [0.3, 0.4) is 0 Å². The van der Waals surface area contributed by atoms with Gasteiger partial charge in [0.25, 0.3) is 10.0 Å². The van der Waals surface area contributed by atoms with Gasteiger partial charge in [-0.3, -0.25) is 9.71 Å². The van der Waals surface area contributed by atoms with E-state index in [-0.39, 0.29) is 10.5 Å². The van der Waals surface area contributed by atoms with Crippen LogP contribution in [0.15, 0.2) is 50.5 Å². The maximum atomic E-state index is 12.6. The van der Waals surface area contributed by atoms with E-state index in [0.717, 1.165) is 12.0 Å². The van der Waals surface area contributed by atoms with Crippen molar-refractivity contribution in [1.29, 1.82) is 0 Å². The van der Waals surface area contributed by atoms with Crippen LogP contribution in [-0.4, -0.2) is 20.0 Å². The van der Waals surface area contributed by atoms with Gasteiger partial charge in [-0.1, -0.05) is 12.1 Å². The molecule has 0 radical (unpaired) electrons. The molecule has 0 saturated carbocycles. The minimum Gasteiger partial charge on any atom is -0.491 e. The number of benzene rings is 2. The van der Waals surface area contributed by atoms with Crippen LogP contribution in [0.25, 0.3) is 11.1 Å². The standard InChI is InChI=1S/C15H12N2O5S/c18-15-16-11-5-4-10(8-13(11)22-15)23(19,20)17-12-3-1-2-9-6-7-21-14(9)12/h1-5,8,17H,6-7H2,(H,16,18). The van der Waals surface area contributed by atoms with E-state index in [0.29, 0.717) is 23.6 Å². The molecule has 1 aliphatic rings. The molecule has 0 saturated heterocycles. The summed E-state index contributed by atoms with van der Waals surface area (Å²) in [6.07, 6.45) is 0.755. The molecule has 0 aliphatic carbocycles. The zero-order chi connectivity index (χ0) is 16.0. The Morgan fingerprint density at radius 1 is 1.17 bits per heavy atom. The van der Waals surface area contributed by atoms with Crippen molar-refractivity contribution in [3.8, 4) is 5.75 Å². The summed E-state index contributed by atoms with van der Waals surface area (Å²) < 4.78 is 38.0. The maximum Gasteiger partial charge on any atom is 0.417 e. The molecule has 23 heavy (non-hydrogen) atoms. The molecule has 3 aromatic rings. The van der Waals surface area contributed by atoms with Crippen LogP contribution in [-0.2, 0) is 16.4 Å². The van der Waals surface area contributed by atoms with Crippen molar-refractivity contribution in [3.63, 3.8) is 0 Å². The van der Waals surface area contributed by atoms with Crippen LogP contribution in [0.4, 0.5) is 5.69 Å². The first-order chi connectivity index (χ1) is 11.0. The number of fused-ring (bicyclic) bond motifs is 2. The van der Waals surface area contributed by atoms with Gasteiger partial charge in [0, 0.05) is 12.5 Å². The minimum absolute atomic E-state index is 0.00310. The first kappa shape index (κ1) is 13.9. The van der Waals surface area contributed by atoms with Crippen molar-refractivity contribution in [1.82, 2.24) is 4.98 Å². The van der Waals surface area contributed by atoms with E-state index in [1.54, 1.807) is 12.1 Å². The Kier molecular flexibility index (Phi) is 2.95. The summed E-state index contributed by atoms with van der Waals surface area (Å²) in [4.78, 5) is 13.6. The summed E-state index contributed by atoms with van der Waals surface area (Å²) in [5.41, 5.74) is 2.00. The van der Waals surface area contributed by atoms with Crippen LogP contribution in [0, 0.1) is 0 Å². The number of anilines is 1. The van der Waals surface area contributed by atoms with Crippen molar-refractivity contribution in [2.24, 2.45) is 0 Å². The largest absolute Gasteiger partial charge is 0.491 e. The molecule has 4 rings (SSSR count). The fourth-order valence-corrected chi connectivity index (χ4v) is 3.67. The highest BCUT2D eigenvalue weighted by atomic mass is 32.2. The zero-order valence-corrected chi connectivity index (χ0v) is 12.6. The zero-order valence-electron chi connectivity index (χ0n) is 11.8. The Morgan fingerprint density at radius 3 is 2.91 bits per heavy atom. The quantitative estimate of drug-likeness (QED) is 0.762. The number of sulfonamides is 1. The predicted octanol–water partition coefficient (Wildman–Crippen LogP) is 1.86. The number of ether oxygens (including phenoxy) is 1. The molecule has 2 N–H and O–H groups in total. The maximum absolute atomic E-state index is 12.6. The van der Waals surface area contributed by atoms with Gasteiger partial charge in [-0.15, -0.1) is 0 Å². The second-order valence-corrected chi connectivity index (χ2v) is 6.85. The molecule has 2 heterocycles. The van der Waals surface area contributed by atoms with Crippen molar-refractivity contribution in [2.45, 2.75) is 11.3 Å². The Hall–Kier alpha value is -2.74. The van der Waals surface area contributed by atoms with Crippen molar-refractivity contribution < 1.29 is 17.6 Å². The molecule has 0 amide bonds. The monoisotopic (exact) mass is 332 g/mol. The van der Waals surface area contributed by atoms with E-state index in [1.807, 2.05) is 6.07 Å². The first-order valence-electron chi connectivity index (χ1n) is 6.93. The Bertz CT molecular complexity index is 1060. The van der Waals surface area contributed by atoms with Crippen molar-refractivity contribution in [3.05, 3.63) is 52.5 Å². The number of H-pyrrole nitrogens is 1. The number of hydrogen-bond donors (Lipinski definition) is 2. The van der Waals surface area contributed by atoms with E-state index in [9.17, 15) is 13.2 Å². The third-order valence-electron chi connectivity index (χ3n) is 3.66. The molecule has 0 atom stereocenters. The number of oxazole rings is 1. The molecular weight excluding hydrogens is 320 g/mol. The highest BCUT2D eigenvalue weighted by Crippen LogP contribution is 2.34. The summed E-state index contributed by atoms with van der Waals surface area (Å²) in [5, 5.41) is 0. The summed E-state index contributed by atoms with van der Waals surface area (Å²) >= 11 is 0. The summed E-state index contributed by atoms with van der Waals surface area (Å²) in [7, 11) is -3.82. The topological polar surface area (TPSA) is 101 Å². The van der Waals surface area contributed by atoms with Crippen LogP contribution < -0.4 is 15.2 Å². The summed E-state index contributed by atoms with van der Waals surface area (Å²) in [6.45, 7) is 0.536. The fraction of sp³-hybridized carbons (Fsp3) is 0.133. The molecule has 1 aromatic heterocycles. The molecule has 2 aromatic carbocycles. The van der Waals surface area contributed by atoms with Gasteiger partial charge >= 0.3 is 5.76 Å². The van der Waals surface area contributed by atoms with Crippen LogP contribution in [0.1, 0.15) is 5.56 Å². The lowest BCUT2D eigenvalue weighted by Crippen LogP contribution is -2.13. The number of aromatic amines is 1. The van der Waals surface area contributed by atoms with Gasteiger partial charge in [0.15, 0.2) is 5.58 Å². The molecule has 0 fully saturated rings. The van der Waals surface area contributed by atoms with Crippen molar-refractivity contribution in [2.75, 3.05) is 11.3 Å². The molecule has 1 aliphatic heterocycles. The molecule has 0 unspecified atom stereocenters. The number of aromatic nitrogens is 1. The van der Waals surface area contributed by atoms with Gasteiger partial charge < -0.3 is 9.15 Å². The van der Waals surface area contributed by atoms with E-state index in [1.165, 1.54) is 18.2 Å². The number of hydrogen-bond acceptors (Lipinski definition) is 5.